The Hall–Kier alpha value is -2.58. The molecule has 0 aliphatic rings. The summed E-state index contributed by atoms with van der Waals surface area (Å²) in [6, 6.07) is 12.2. The van der Waals surface area contributed by atoms with Crippen molar-refractivity contribution in [1.82, 2.24) is 0 Å². The van der Waals surface area contributed by atoms with Crippen LogP contribution < -0.4 is 10.5 Å². The van der Waals surface area contributed by atoms with Crippen LogP contribution in [0.25, 0.3) is 0 Å². The molecule has 3 N–H and O–H groups in total. The van der Waals surface area contributed by atoms with Crippen LogP contribution in [0.5, 0.6) is 0 Å². The zero-order chi connectivity index (χ0) is 17.7. The van der Waals surface area contributed by atoms with Gasteiger partial charge in [-0.25, -0.2) is 13.2 Å². The molecule has 0 aliphatic carbocycles. The molecule has 0 fully saturated rings. The Morgan fingerprint density at radius 1 is 1.08 bits per heavy atom. The topological polar surface area (TPSA) is 111 Å². The lowest BCUT2D eigenvalue weighted by Gasteiger charge is -2.05. The first-order chi connectivity index (χ1) is 11.2. The largest absolute Gasteiger partial charge is 0.380 e. The van der Waals surface area contributed by atoms with Crippen LogP contribution in [0.1, 0.15) is 15.9 Å². The van der Waals surface area contributed by atoms with Gasteiger partial charge in [-0.05, 0) is 48.5 Å². The molecule has 0 saturated carbocycles. The van der Waals surface area contributed by atoms with Crippen molar-refractivity contribution >= 4 is 39.1 Å². The van der Waals surface area contributed by atoms with Crippen LogP contribution in [0.2, 0.25) is 5.02 Å². The van der Waals surface area contributed by atoms with Gasteiger partial charge in [-0.1, -0.05) is 16.8 Å². The lowest BCUT2D eigenvalue weighted by Crippen LogP contribution is -2.15. The molecule has 2 aromatic rings. The minimum atomic E-state index is -3.36. The summed E-state index contributed by atoms with van der Waals surface area (Å²) in [6.45, 7) is 0. The molecule has 126 valence electrons. The summed E-state index contributed by atoms with van der Waals surface area (Å²) in [6.07, 6.45) is 1.05. The lowest BCUT2D eigenvalue weighted by atomic mass is 10.2. The summed E-state index contributed by atoms with van der Waals surface area (Å²) >= 11 is 5.73. The summed E-state index contributed by atoms with van der Waals surface area (Å²) in [5, 5.41) is 4.07. The minimum Gasteiger partial charge on any atom is -0.380 e. The van der Waals surface area contributed by atoms with E-state index in [-0.39, 0.29) is 11.4 Å². The Kier molecular flexibility index (Phi) is 5.42. The van der Waals surface area contributed by atoms with E-state index < -0.39 is 16.0 Å². The maximum Gasteiger partial charge on any atom is 0.365 e. The van der Waals surface area contributed by atoms with Crippen molar-refractivity contribution in [3.05, 3.63) is 64.7 Å². The highest BCUT2D eigenvalue weighted by atomic mass is 35.5. The van der Waals surface area contributed by atoms with Crippen molar-refractivity contribution in [1.29, 1.82) is 0 Å². The fourth-order valence-electron chi connectivity index (χ4n) is 1.71. The third kappa shape index (κ3) is 5.25. The van der Waals surface area contributed by atoms with Crippen molar-refractivity contribution < 1.29 is 18.0 Å². The Morgan fingerprint density at radius 3 is 2.17 bits per heavy atom. The van der Waals surface area contributed by atoms with Crippen molar-refractivity contribution in [3.63, 3.8) is 0 Å². The van der Waals surface area contributed by atoms with E-state index in [1.54, 1.807) is 24.3 Å². The molecule has 24 heavy (non-hydrogen) atoms. The molecular weight excluding hydrogens is 354 g/mol. The highest BCUT2D eigenvalue weighted by Crippen LogP contribution is 2.12. The molecular formula is C15H14ClN3O4S. The zero-order valence-electron chi connectivity index (χ0n) is 12.6. The first-order valence-corrected chi connectivity index (χ1v) is 8.90. The van der Waals surface area contributed by atoms with Gasteiger partial charge in [0, 0.05) is 16.3 Å². The number of oxime groups is 1. The zero-order valence-corrected chi connectivity index (χ0v) is 14.1. The van der Waals surface area contributed by atoms with Gasteiger partial charge in [0.05, 0.1) is 11.8 Å². The van der Waals surface area contributed by atoms with E-state index in [2.05, 4.69) is 9.88 Å². The first-order valence-electron chi connectivity index (χ1n) is 6.63. The Bertz CT molecular complexity index is 863. The number of rotatable bonds is 5. The van der Waals surface area contributed by atoms with Gasteiger partial charge in [-0.3, -0.25) is 4.72 Å². The van der Waals surface area contributed by atoms with Gasteiger partial charge in [0.1, 0.15) is 0 Å². The second-order valence-corrected chi connectivity index (χ2v) is 7.00. The quantitative estimate of drug-likeness (QED) is 0.364. The molecule has 0 aromatic heterocycles. The lowest BCUT2D eigenvalue weighted by molar-refractivity contribution is 0.0516. The Balaban J connectivity index is 2.05. The Morgan fingerprint density at radius 2 is 1.62 bits per heavy atom. The van der Waals surface area contributed by atoms with E-state index in [9.17, 15) is 13.2 Å². The number of carbonyl (C=O) groups is 1. The number of nitrogens with two attached hydrogens (primary N) is 1. The normalized spacial score (nSPS) is 11.8. The molecule has 0 atom stereocenters. The van der Waals surface area contributed by atoms with Crippen LogP contribution >= 0.6 is 11.6 Å². The molecule has 0 amide bonds. The van der Waals surface area contributed by atoms with Crippen LogP contribution in [0.15, 0.2) is 53.7 Å². The maximum atomic E-state index is 11.8. The summed E-state index contributed by atoms with van der Waals surface area (Å²) in [5.41, 5.74) is 6.87. The number of nitrogens with zero attached hydrogens (tertiary/aromatic N) is 1. The molecule has 2 rings (SSSR count). The minimum absolute atomic E-state index is 0.0248. The van der Waals surface area contributed by atoms with E-state index in [1.165, 1.54) is 24.3 Å². The number of amidine groups is 1. The molecule has 0 aliphatic heterocycles. The molecule has 9 heteroatoms. The van der Waals surface area contributed by atoms with Crippen LogP contribution in [0.3, 0.4) is 0 Å². The van der Waals surface area contributed by atoms with Crippen LogP contribution in [-0.2, 0) is 14.9 Å². The standard InChI is InChI=1S/C15H14ClN3O4S/c1-24(21,22)19-13-8-4-10(5-9-13)14(17)18-23-15(20)11-2-6-12(16)7-3-11/h2-9,19H,1H3,(H2,17,18). The number of nitrogens with one attached hydrogen (secondary N) is 1. The van der Waals surface area contributed by atoms with Gasteiger partial charge in [-0.15, -0.1) is 0 Å². The van der Waals surface area contributed by atoms with Crippen LogP contribution in [-0.4, -0.2) is 26.5 Å². The summed E-state index contributed by atoms with van der Waals surface area (Å²) in [7, 11) is -3.36. The number of hydrogen-bond donors (Lipinski definition) is 2. The third-order valence-electron chi connectivity index (χ3n) is 2.79. The molecule has 0 saturated heterocycles. The number of sulfonamides is 1. The smallest absolute Gasteiger partial charge is 0.365 e. The highest BCUT2D eigenvalue weighted by Gasteiger charge is 2.08. The van der Waals surface area contributed by atoms with Gasteiger partial charge in [0.15, 0.2) is 5.84 Å². The molecule has 0 spiro atoms. The molecule has 0 unspecified atom stereocenters. The maximum absolute atomic E-state index is 11.8. The summed E-state index contributed by atoms with van der Waals surface area (Å²) in [4.78, 5) is 16.6. The average Bonchev–Trinajstić information content (AvgIpc) is 2.52. The number of hydrogen-bond acceptors (Lipinski definition) is 5. The fourth-order valence-corrected chi connectivity index (χ4v) is 2.40. The van der Waals surface area contributed by atoms with Gasteiger partial charge in [-0.2, -0.15) is 0 Å². The third-order valence-corrected chi connectivity index (χ3v) is 3.65. The van der Waals surface area contributed by atoms with Crippen molar-refractivity contribution in [3.8, 4) is 0 Å². The molecule has 0 bridgehead atoms. The predicted molar refractivity (Wildman–Crippen MR) is 92.5 cm³/mol. The van der Waals surface area contributed by atoms with E-state index in [0.29, 0.717) is 16.3 Å². The molecule has 0 heterocycles. The van der Waals surface area contributed by atoms with Gasteiger partial charge < -0.3 is 10.6 Å². The summed E-state index contributed by atoms with van der Waals surface area (Å²) in [5.74, 6) is -0.701. The fraction of sp³-hybridized carbons (Fsp3) is 0.0667. The SMILES string of the molecule is CS(=O)(=O)Nc1ccc(/C(N)=N\OC(=O)c2ccc(Cl)cc2)cc1. The van der Waals surface area contributed by atoms with Gasteiger partial charge in [0.25, 0.3) is 0 Å². The number of carbonyl (C=O) groups excluding carboxylic acids is 1. The van der Waals surface area contributed by atoms with Crippen molar-refractivity contribution in [2.45, 2.75) is 0 Å². The van der Waals surface area contributed by atoms with Crippen molar-refractivity contribution in [2.75, 3.05) is 11.0 Å². The van der Waals surface area contributed by atoms with E-state index in [1.807, 2.05) is 0 Å². The highest BCUT2D eigenvalue weighted by molar-refractivity contribution is 7.92. The first kappa shape index (κ1) is 17.8. The second kappa shape index (κ2) is 7.33. The molecule has 7 nitrogen and oxygen atoms in total. The summed E-state index contributed by atoms with van der Waals surface area (Å²) < 4.78 is 24.6. The van der Waals surface area contributed by atoms with E-state index in [4.69, 9.17) is 22.2 Å². The average molecular weight is 368 g/mol. The van der Waals surface area contributed by atoms with E-state index in [0.717, 1.165) is 6.26 Å². The Labute approximate surface area is 144 Å². The van der Waals surface area contributed by atoms with E-state index >= 15 is 0 Å². The number of anilines is 1. The van der Waals surface area contributed by atoms with Crippen LogP contribution in [0, 0.1) is 0 Å². The molecule has 0 radical (unpaired) electrons. The monoisotopic (exact) mass is 367 g/mol. The number of halogens is 1. The molecule has 2 aromatic carbocycles. The van der Waals surface area contributed by atoms with Crippen LogP contribution in [0.4, 0.5) is 5.69 Å². The predicted octanol–water partition coefficient (Wildman–Crippen LogP) is 2.19. The second-order valence-electron chi connectivity index (χ2n) is 4.81. The van der Waals surface area contributed by atoms with Gasteiger partial charge >= 0.3 is 5.97 Å². The van der Waals surface area contributed by atoms with Crippen molar-refractivity contribution in [2.24, 2.45) is 10.9 Å². The number of benzene rings is 2. The van der Waals surface area contributed by atoms with Gasteiger partial charge in [0.2, 0.25) is 10.0 Å².